The molecule has 1 heterocycles. The molecule has 0 unspecified atom stereocenters. The van der Waals surface area contributed by atoms with E-state index in [0.29, 0.717) is 6.42 Å². The lowest BCUT2D eigenvalue weighted by molar-refractivity contribution is -0.398. The average molecular weight is 329 g/mol. The molecule has 1 aliphatic heterocycles. The fourth-order valence-electron chi connectivity index (χ4n) is 2.14. The number of rotatable bonds is 8. The van der Waals surface area contributed by atoms with Crippen LogP contribution in [0.5, 0.6) is 0 Å². The van der Waals surface area contributed by atoms with Crippen LogP contribution in [0, 0.1) is 11.8 Å². The van der Waals surface area contributed by atoms with Crippen molar-refractivity contribution in [3.05, 3.63) is 0 Å². The monoisotopic (exact) mass is 329 g/mol. The highest BCUT2D eigenvalue weighted by atomic mass is 16.6. The first-order chi connectivity index (χ1) is 10.7. The van der Waals surface area contributed by atoms with Gasteiger partial charge in [0.2, 0.25) is 0 Å². The summed E-state index contributed by atoms with van der Waals surface area (Å²) in [5.41, 5.74) is 3.47. The number of aliphatic carboxylic acids is 1. The zero-order valence-corrected chi connectivity index (χ0v) is 13.5. The Balaban J connectivity index is 2.57. The molecular formula is C14H23N3O6. The van der Waals surface area contributed by atoms with Gasteiger partial charge in [0.15, 0.2) is 12.1 Å². The average Bonchev–Trinajstić information content (AvgIpc) is 2.47. The van der Waals surface area contributed by atoms with Crippen LogP contribution < -0.4 is 21.5 Å². The van der Waals surface area contributed by atoms with Gasteiger partial charge in [0, 0.05) is 6.54 Å². The number of esters is 1. The summed E-state index contributed by atoms with van der Waals surface area (Å²) in [5.74, 6) is -3.66. The first-order valence-electron chi connectivity index (χ1n) is 7.51. The minimum absolute atomic E-state index is 0.0179. The molecule has 1 aliphatic rings. The van der Waals surface area contributed by atoms with Gasteiger partial charge in [0.05, 0.1) is 12.0 Å². The highest BCUT2D eigenvalue weighted by Gasteiger charge is 2.49. The molecule has 9 heteroatoms. The lowest BCUT2D eigenvalue weighted by atomic mass is 9.83. The van der Waals surface area contributed by atoms with Crippen LogP contribution in [0.3, 0.4) is 0 Å². The number of amides is 2. The number of carboxylic acids is 1. The Hall–Kier alpha value is -2.16. The van der Waals surface area contributed by atoms with Crippen LogP contribution in [0.25, 0.3) is 0 Å². The van der Waals surface area contributed by atoms with Gasteiger partial charge < -0.3 is 31.0 Å². The Labute approximate surface area is 133 Å². The van der Waals surface area contributed by atoms with E-state index < -0.39 is 47.9 Å². The lowest BCUT2D eigenvalue weighted by Gasteiger charge is -2.37. The van der Waals surface area contributed by atoms with E-state index in [1.54, 1.807) is 0 Å². The minimum Gasteiger partial charge on any atom is -0.548 e. The van der Waals surface area contributed by atoms with Crippen molar-refractivity contribution in [3.63, 3.8) is 0 Å². The van der Waals surface area contributed by atoms with Crippen molar-refractivity contribution in [1.29, 1.82) is 0 Å². The second-order valence-electron chi connectivity index (χ2n) is 5.80. The summed E-state index contributed by atoms with van der Waals surface area (Å²) in [7, 11) is 0. The molecule has 0 bridgehead atoms. The number of cyclic esters (lactones) is 1. The molecule has 5 N–H and O–H groups in total. The number of carbonyl (C=O) groups excluding carboxylic acids is 4. The van der Waals surface area contributed by atoms with Crippen molar-refractivity contribution >= 4 is 23.8 Å². The number of carboxylic acid groups (broad SMARTS) is 1. The fourth-order valence-corrected chi connectivity index (χ4v) is 2.14. The number of ether oxygens (including phenoxy) is 1. The van der Waals surface area contributed by atoms with E-state index in [2.05, 4.69) is 16.4 Å². The molecule has 0 saturated carbocycles. The molecular weight excluding hydrogens is 306 g/mol. The van der Waals surface area contributed by atoms with Gasteiger partial charge in [-0.15, -0.1) is 0 Å². The third-order valence-corrected chi connectivity index (χ3v) is 3.89. The Morgan fingerprint density at radius 3 is 2.39 bits per heavy atom. The quantitative estimate of drug-likeness (QED) is 0.394. The molecule has 5 atom stereocenters. The second kappa shape index (κ2) is 7.91. The Morgan fingerprint density at radius 2 is 1.96 bits per heavy atom. The number of hydrogen-bond acceptors (Lipinski definition) is 6. The van der Waals surface area contributed by atoms with E-state index in [1.165, 1.54) is 6.92 Å². The predicted molar refractivity (Wildman–Crippen MR) is 75.1 cm³/mol. The Morgan fingerprint density at radius 1 is 1.35 bits per heavy atom. The summed E-state index contributed by atoms with van der Waals surface area (Å²) in [6, 6.07) is -2.02. The maximum atomic E-state index is 12.0. The third kappa shape index (κ3) is 4.65. The van der Waals surface area contributed by atoms with E-state index in [9.17, 15) is 24.3 Å². The molecule has 1 saturated heterocycles. The van der Waals surface area contributed by atoms with Gasteiger partial charge in [-0.3, -0.25) is 14.4 Å². The van der Waals surface area contributed by atoms with E-state index >= 15 is 0 Å². The molecule has 23 heavy (non-hydrogen) atoms. The summed E-state index contributed by atoms with van der Waals surface area (Å²) < 4.78 is 4.84. The minimum atomic E-state index is -1.52. The van der Waals surface area contributed by atoms with Gasteiger partial charge in [-0.05, 0) is 12.8 Å². The van der Waals surface area contributed by atoms with E-state index in [4.69, 9.17) is 4.74 Å². The first kappa shape index (κ1) is 18.9. The zero-order chi connectivity index (χ0) is 17.7. The van der Waals surface area contributed by atoms with Crippen LogP contribution in [0.1, 0.15) is 27.2 Å². The predicted octanol–water partition coefficient (Wildman–Crippen LogP) is -3.44. The maximum Gasteiger partial charge on any atom is 0.314 e. The highest BCUT2D eigenvalue weighted by molar-refractivity contribution is 5.94. The summed E-state index contributed by atoms with van der Waals surface area (Å²) in [6.45, 7) is 4.88. The van der Waals surface area contributed by atoms with Crippen molar-refractivity contribution < 1.29 is 34.8 Å². The largest absolute Gasteiger partial charge is 0.548 e. The molecule has 9 nitrogen and oxygen atoms in total. The smallest absolute Gasteiger partial charge is 0.314 e. The Kier molecular flexibility index (Phi) is 6.49. The number of nitrogens with one attached hydrogen (secondary N) is 2. The SMILES string of the molecule is CC[C@H](C)[C@@H]1C(=O)O[C@H]1C(=O)NC[C@H](NC(=O)[C@H](C)[NH3+])C(=O)[O-]. The summed E-state index contributed by atoms with van der Waals surface area (Å²) in [4.78, 5) is 46.0. The second-order valence-corrected chi connectivity index (χ2v) is 5.80. The maximum absolute atomic E-state index is 12.0. The van der Waals surface area contributed by atoms with Crippen LogP contribution in [0.2, 0.25) is 0 Å². The normalized spacial score (nSPS) is 23.7. The van der Waals surface area contributed by atoms with Gasteiger partial charge in [-0.2, -0.15) is 0 Å². The van der Waals surface area contributed by atoms with Crippen LogP contribution in [-0.4, -0.2) is 48.5 Å². The van der Waals surface area contributed by atoms with Gasteiger partial charge in [0.1, 0.15) is 5.92 Å². The molecule has 1 fully saturated rings. The molecule has 2 amide bonds. The molecule has 0 aromatic heterocycles. The van der Waals surface area contributed by atoms with Crippen molar-refractivity contribution in [2.45, 2.75) is 45.4 Å². The molecule has 0 spiro atoms. The van der Waals surface area contributed by atoms with Gasteiger partial charge >= 0.3 is 5.97 Å². The van der Waals surface area contributed by atoms with Gasteiger partial charge in [0.25, 0.3) is 11.8 Å². The van der Waals surface area contributed by atoms with Crippen LogP contribution >= 0.6 is 0 Å². The van der Waals surface area contributed by atoms with Gasteiger partial charge in [-0.1, -0.05) is 20.3 Å². The third-order valence-electron chi connectivity index (χ3n) is 3.89. The number of carbonyl (C=O) groups is 4. The van der Waals surface area contributed by atoms with Crippen molar-refractivity contribution in [2.75, 3.05) is 6.54 Å². The number of quaternary nitrogens is 1. The fraction of sp³-hybridized carbons (Fsp3) is 0.714. The van der Waals surface area contributed by atoms with Crippen LogP contribution in [-0.2, 0) is 23.9 Å². The van der Waals surface area contributed by atoms with E-state index in [0.717, 1.165) is 0 Å². The van der Waals surface area contributed by atoms with Crippen LogP contribution in [0.4, 0.5) is 0 Å². The summed E-state index contributed by atoms with van der Waals surface area (Å²) in [5, 5.41) is 15.6. The van der Waals surface area contributed by atoms with E-state index in [-0.39, 0.29) is 12.5 Å². The van der Waals surface area contributed by atoms with Crippen molar-refractivity contribution in [1.82, 2.24) is 10.6 Å². The Bertz CT molecular complexity index is 493. The molecule has 0 aromatic rings. The van der Waals surface area contributed by atoms with Crippen LogP contribution in [0.15, 0.2) is 0 Å². The van der Waals surface area contributed by atoms with Gasteiger partial charge in [-0.25, -0.2) is 0 Å². The molecule has 0 aliphatic carbocycles. The van der Waals surface area contributed by atoms with E-state index in [1.807, 2.05) is 13.8 Å². The molecule has 0 radical (unpaired) electrons. The molecule has 0 aromatic carbocycles. The standard InChI is InChI=1S/C14H23N3O6/c1-4-6(2)9-10(23-14(9)22)12(19)16-5-8(13(20)21)17-11(18)7(3)15/h6-10H,4-5,15H2,1-3H3,(H,16,19)(H,17,18)(H,20,21)/t6-,7-,8-,9-,10+/m0/s1. The molecule has 130 valence electrons. The first-order valence-corrected chi connectivity index (χ1v) is 7.51. The lowest BCUT2D eigenvalue weighted by Crippen LogP contribution is -2.68. The summed E-state index contributed by atoms with van der Waals surface area (Å²) in [6.07, 6.45) is -0.217. The topological polar surface area (TPSA) is 152 Å². The highest BCUT2D eigenvalue weighted by Crippen LogP contribution is 2.31. The van der Waals surface area contributed by atoms with Crippen molar-refractivity contribution in [2.24, 2.45) is 11.8 Å². The molecule has 1 rings (SSSR count). The number of hydrogen-bond donors (Lipinski definition) is 3. The zero-order valence-electron chi connectivity index (χ0n) is 13.5. The van der Waals surface area contributed by atoms with Crippen molar-refractivity contribution in [3.8, 4) is 0 Å². The summed E-state index contributed by atoms with van der Waals surface area (Å²) >= 11 is 0.